The zero-order chi connectivity index (χ0) is 19.6. The number of rotatable bonds is 4. The molecule has 0 N–H and O–H groups in total. The first-order valence-electron chi connectivity index (χ1n) is 9.75. The lowest BCUT2D eigenvalue weighted by atomic mass is 9.98. The largest absolute Gasteiger partial charge is 0.497 e. The molecule has 0 aliphatic carbocycles. The second kappa shape index (κ2) is 7.33. The zero-order valence-corrected chi connectivity index (χ0v) is 16.2. The minimum Gasteiger partial charge on any atom is -0.497 e. The van der Waals surface area contributed by atoms with E-state index in [1.807, 2.05) is 12.1 Å². The maximum absolute atomic E-state index is 5.39. The van der Waals surface area contributed by atoms with Crippen LogP contribution in [0.3, 0.4) is 0 Å². The van der Waals surface area contributed by atoms with Crippen molar-refractivity contribution in [2.24, 2.45) is 0 Å². The van der Waals surface area contributed by atoms with Crippen LogP contribution in [-0.2, 0) is 0 Å². The zero-order valence-electron chi connectivity index (χ0n) is 16.2. The molecule has 0 bridgehead atoms. The summed E-state index contributed by atoms with van der Waals surface area (Å²) in [6, 6.07) is 38.1. The van der Waals surface area contributed by atoms with Crippen LogP contribution in [0.25, 0.3) is 39.0 Å². The Morgan fingerprint density at radius 1 is 0.586 bits per heavy atom. The van der Waals surface area contributed by atoms with E-state index in [2.05, 4.69) is 102 Å². The van der Waals surface area contributed by atoms with Gasteiger partial charge in [-0.05, 0) is 53.6 Å². The molecule has 0 radical (unpaired) electrons. The normalized spacial score (nSPS) is 10.9. The Hall–Kier alpha value is -3.78. The molecular formula is C27H21NO. The van der Waals surface area contributed by atoms with Crippen molar-refractivity contribution in [2.75, 3.05) is 7.11 Å². The Morgan fingerprint density at radius 2 is 1.21 bits per heavy atom. The first kappa shape index (κ1) is 17.3. The van der Waals surface area contributed by atoms with Gasteiger partial charge in [-0.25, -0.2) is 0 Å². The van der Waals surface area contributed by atoms with E-state index in [1.165, 1.54) is 27.7 Å². The third kappa shape index (κ3) is 2.99. The summed E-state index contributed by atoms with van der Waals surface area (Å²) < 4.78 is 7.75. The first-order valence-corrected chi connectivity index (χ1v) is 9.75. The van der Waals surface area contributed by atoms with Crippen LogP contribution in [0.15, 0.2) is 109 Å². The maximum Gasteiger partial charge on any atom is 0.118 e. The van der Waals surface area contributed by atoms with Gasteiger partial charge in [-0.1, -0.05) is 66.7 Å². The van der Waals surface area contributed by atoms with Crippen LogP contribution >= 0.6 is 0 Å². The highest BCUT2D eigenvalue weighted by molar-refractivity contribution is 6.05. The Kier molecular flexibility index (Phi) is 4.38. The van der Waals surface area contributed by atoms with Crippen LogP contribution < -0.4 is 4.74 Å². The molecule has 4 aromatic carbocycles. The number of methoxy groups -OCH3 is 1. The summed E-state index contributed by atoms with van der Waals surface area (Å²) in [5.74, 6) is 0.859. The molecule has 0 atom stereocenters. The maximum atomic E-state index is 5.39. The standard InChI is InChI=1S/C27H21NO/c1-29-23-18-16-21(17-19-23)27-26(20-10-4-2-5-11-20)24-14-8-9-15-25(24)28(27)22-12-6-3-7-13-22/h2-19H,1H3. The lowest BCUT2D eigenvalue weighted by Crippen LogP contribution is -1.97. The van der Waals surface area contributed by atoms with Crippen LogP contribution in [0.5, 0.6) is 5.75 Å². The Bertz CT molecular complexity index is 1180. The molecule has 0 aliphatic heterocycles. The van der Waals surface area contributed by atoms with E-state index in [0.29, 0.717) is 0 Å². The third-order valence-electron chi connectivity index (χ3n) is 5.32. The van der Waals surface area contributed by atoms with Crippen LogP contribution in [-0.4, -0.2) is 11.7 Å². The first-order chi connectivity index (χ1) is 14.4. The molecule has 5 aromatic rings. The lowest BCUT2D eigenvalue weighted by molar-refractivity contribution is 0.415. The van der Waals surface area contributed by atoms with Crippen molar-refractivity contribution in [3.63, 3.8) is 0 Å². The van der Waals surface area contributed by atoms with Gasteiger partial charge in [0.25, 0.3) is 0 Å². The summed E-state index contributed by atoms with van der Waals surface area (Å²) in [4.78, 5) is 0. The predicted octanol–water partition coefficient (Wildman–Crippen LogP) is 6.97. The third-order valence-corrected chi connectivity index (χ3v) is 5.32. The number of ether oxygens (including phenoxy) is 1. The molecule has 0 saturated carbocycles. The van der Waals surface area contributed by atoms with Gasteiger partial charge in [0.15, 0.2) is 0 Å². The number of nitrogens with zero attached hydrogens (tertiary/aromatic N) is 1. The van der Waals surface area contributed by atoms with Gasteiger partial charge in [0.05, 0.1) is 18.3 Å². The summed E-state index contributed by atoms with van der Waals surface area (Å²) in [6.07, 6.45) is 0. The highest BCUT2D eigenvalue weighted by atomic mass is 16.5. The number of para-hydroxylation sites is 2. The molecule has 29 heavy (non-hydrogen) atoms. The molecule has 2 nitrogen and oxygen atoms in total. The van der Waals surface area contributed by atoms with Crippen LogP contribution in [0.4, 0.5) is 0 Å². The SMILES string of the molecule is COc1ccc(-c2c(-c3ccccc3)c3ccccc3n2-c2ccccc2)cc1. The second-order valence-electron chi connectivity index (χ2n) is 7.01. The topological polar surface area (TPSA) is 14.2 Å². The minimum atomic E-state index is 0.859. The van der Waals surface area contributed by atoms with Gasteiger partial charge < -0.3 is 9.30 Å². The van der Waals surface area contributed by atoms with Crippen molar-refractivity contribution in [3.8, 4) is 33.8 Å². The monoisotopic (exact) mass is 375 g/mol. The summed E-state index contributed by atoms with van der Waals surface area (Å²) in [7, 11) is 1.70. The van der Waals surface area contributed by atoms with E-state index in [0.717, 1.165) is 17.0 Å². The molecule has 140 valence electrons. The quantitative estimate of drug-likeness (QED) is 0.331. The molecule has 5 rings (SSSR count). The van der Waals surface area contributed by atoms with Gasteiger partial charge in [-0.3, -0.25) is 0 Å². The molecular weight excluding hydrogens is 354 g/mol. The summed E-state index contributed by atoms with van der Waals surface area (Å²) >= 11 is 0. The minimum absolute atomic E-state index is 0.859. The van der Waals surface area contributed by atoms with Crippen LogP contribution in [0.1, 0.15) is 0 Å². The highest BCUT2D eigenvalue weighted by Gasteiger charge is 2.20. The predicted molar refractivity (Wildman–Crippen MR) is 121 cm³/mol. The van der Waals surface area contributed by atoms with E-state index in [4.69, 9.17) is 4.74 Å². The van der Waals surface area contributed by atoms with Crippen molar-refractivity contribution in [3.05, 3.63) is 109 Å². The number of hydrogen-bond donors (Lipinski definition) is 0. The van der Waals surface area contributed by atoms with Gasteiger partial charge in [-0.2, -0.15) is 0 Å². The molecule has 0 amide bonds. The average molecular weight is 375 g/mol. The van der Waals surface area contributed by atoms with E-state index < -0.39 is 0 Å². The van der Waals surface area contributed by atoms with Crippen LogP contribution in [0, 0.1) is 0 Å². The Labute approximate surface area is 170 Å². The molecule has 0 unspecified atom stereocenters. The van der Waals surface area contributed by atoms with Crippen molar-refractivity contribution >= 4 is 10.9 Å². The van der Waals surface area contributed by atoms with Gasteiger partial charge >= 0.3 is 0 Å². The Morgan fingerprint density at radius 3 is 1.90 bits per heavy atom. The highest BCUT2D eigenvalue weighted by Crippen LogP contribution is 2.42. The lowest BCUT2D eigenvalue weighted by Gasteiger charge is -2.14. The fourth-order valence-corrected chi connectivity index (χ4v) is 4.00. The van der Waals surface area contributed by atoms with Crippen molar-refractivity contribution in [1.29, 1.82) is 0 Å². The van der Waals surface area contributed by atoms with Crippen molar-refractivity contribution in [2.45, 2.75) is 0 Å². The van der Waals surface area contributed by atoms with Crippen molar-refractivity contribution in [1.82, 2.24) is 4.57 Å². The van der Waals surface area contributed by atoms with E-state index in [-0.39, 0.29) is 0 Å². The molecule has 2 heteroatoms. The smallest absolute Gasteiger partial charge is 0.118 e. The average Bonchev–Trinajstić information content (AvgIpc) is 3.15. The molecule has 0 spiro atoms. The van der Waals surface area contributed by atoms with E-state index >= 15 is 0 Å². The fraction of sp³-hybridized carbons (Fsp3) is 0.0370. The summed E-state index contributed by atoms with van der Waals surface area (Å²) in [5, 5.41) is 1.24. The van der Waals surface area contributed by atoms with Gasteiger partial charge in [0.1, 0.15) is 5.75 Å². The molecule has 1 aromatic heterocycles. The molecule has 0 fully saturated rings. The number of aromatic nitrogens is 1. The Balaban J connectivity index is 1.92. The van der Waals surface area contributed by atoms with Gasteiger partial charge in [-0.15, -0.1) is 0 Å². The second-order valence-corrected chi connectivity index (χ2v) is 7.01. The molecule has 0 saturated heterocycles. The van der Waals surface area contributed by atoms with Crippen LogP contribution in [0.2, 0.25) is 0 Å². The van der Waals surface area contributed by atoms with Gasteiger partial charge in [0.2, 0.25) is 0 Å². The molecule has 0 aliphatic rings. The van der Waals surface area contributed by atoms with Crippen molar-refractivity contribution < 1.29 is 4.74 Å². The van der Waals surface area contributed by atoms with E-state index in [1.54, 1.807) is 7.11 Å². The summed E-state index contributed by atoms with van der Waals surface area (Å²) in [6.45, 7) is 0. The number of hydrogen-bond acceptors (Lipinski definition) is 1. The number of benzene rings is 4. The summed E-state index contributed by atoms with van der Waals surface area (Å²) in [5.41, 5.74) is 7.15. The fourth-order valence-electron chi connectivity index (χ4n) is 4.00. The molecule has 1 heterocycles. The van der Waals surface area contributed by atoms with E-state index in [9.17, 15) is 0 Å². The number of fused-ring (bicyclic) bond motifs is 1. The van der Waals surface area contributed by atoms with Gasteiger partial charge in [0, 0.05) is 16.6 Å².